The third kappa shape index (κ3) is 6.65. The van der Waals surface area contributed by atoms with Crippen LogP contribution in [0.3, 0.4) is 0 Å². The highest BCUT2D eigenvalue weighted by Crippen LogP contribution is 2.32. The molecule has 10 heteroatoms. The normalized spacial score (nSPS) is 18.9. The number of aliphatic hydroxyl groups is 1. The third-order valence-electron chi connectivity index (χ3n) is 6.50. The minimum absolute atomic E-state index is 0.0683. The summed E-state index contributed by atoms with van der Waals surface area (Å²) in [5.41, 5.74) is 3.60. The molecule has 4 rings (SSSR count). The minimum Gasteiger partial charge on any atom is -0.482 e. The van der Waals surface area contributed by atoms with Gasteiger partial charge in [-0.3, -0.25) is 14.4 Å². The second-order valence-electron chi connectivity index (χ2n) is 9.33. The van der Waals surface area contributed by atoms with Crippen molar-refractivity contribution in [2.45, 2.75) is 31.4 Å². The van der Waals surface area contributed by atoms with E-state index in [-0.39, 0.29) is 18.6 Å². The van der Waals surface area contributed by atoms with Crippen molar-refractivity contribution in [2.75, 3.05) is 56.1 Å². The van der Waals surface area contributed by atoms with E-state index in [9.17, 15) is 18.3 Å². The highest BCUT2D eigenvalue weighted by molar-refractivity contribution is 7.92. The van der Waals surface area contributed by atoms with E-state index in [4.69, 9.17) is 4.74 Å². The summed E-state index contributed by atoms with van der Waals surface area (Å²) >= 11 is 0. The van der Waals surface area contributed by atoms with E-state index >= 15 is 0 Å². The Labute approximate surface area is 207 Å². The molecule has 3 N–H and O–H groups in total. The SMILES string of the molecule is CN(C[C@H](c1ccc(NS(C)(=O)=O)cc1)N1CC[C@H](O)C1)C(=O)COc1cccc2c1NCCC2. The lowest BCUT2D eigenvalue weighted by atomic mass is 10.0. The molecule has 0 radical (unpaired) electrons. The molecule has 0 bridgehead atoms. The van der Waals surface area contributed by atoms with E-state index in [0.717, 1.165) is 43.4 Å². The number of para-hydroxylation sites is 1. The number of hydrogen-bond acceptors (Lipinski definition) is 7. The Morgan fingerprint density at radius 2 is 2.06 bits per heavy atom. The van der Waals surface area contributed by atoms with Crippen LogP contribution in [0.4, 0.5) is 11.4 Å². The van der Waals surface area contributed by atoms with Gasteiger partial charge in [-0.05, 0) is 48.6 Å². The van der Waals surface area contributed by atoms with Gasteiger partial charge in [-0.25, -0.2) is 8.42 Å². The van der Waals surface area contributed by atoms with Gasteiger partial charge in [0.1, 0.15) is 5.75 Å². The van der Waals surface area contributed by atoms with Gasteiger partial charge in [0.15, 0.2) is 6.61 Å². The molecule has 1 amide bonds. The second-order valence-corrected chi connectivity index (χ2v) is 11.1. The topological polar surface area (TPSA) is 111 Å². The number of anilines is 2. The molecule has 2 aliphatic heterocycles. The van der Waals surface area contributed by atoms with Gasteiger partial charge in [0, 0.05) is 38.9 Å². The summed E-state index contributed by atoms with van der Waals surface area (Å²) < 4.78 is 31.4. The van der Waals surface area contributed by atoms with Crippen molar-refractivity contribution in [1.29, 1.82) is 0 Å². The quantitative estimate of drug-likeness (QED) is 0.481. The number of carbonyl (C=O) groups excluding carboxylic acids is 1. The van der Waals surface area contributed by atoms with Crippen LogP contribution in [0.5, 0.6) is 5.75 Å². The van der Waals surface area contributed by atoms with Crippen LogP contribution in [-0.4, -0.2) is 81.4 Å². The number of fused-ring (bicyclic) bond motifs is 1. The molecular formula is C25H34N4O5S. The van der Waals surface area contributed by atoms with Gasteiger partial charge in [-0.1, -0.05) is 24.3 Å². The molecule has 1 fully saturated rings. The number of nitrogens with zero attached hydrogens (tertiary/aromatic N) is 2. The van der Waals surface area contributed by atoms with E-state index in [2.05, 4.69) is 21.0 Å². The van der Waals surface area contributed by atoms with Crippen molar-refractivity contribution < 1.29 is 23.1 Å². The Morgan fingerprint density at radius 3 is 2.74 bits per heavy atom. The van der Waals surface area contributed by atoms with Crippen LogP contribution in [0.15, 0.2) is 42.5 Å². The van der Waals surface area contributed by atoms with E-state index in [1.54, 1.807) is 24.1 Å². The zero-order chi connectivity index (χ0) is 25.0. The van der Waals surface area contributed by atoms with E-state index < -0.39 is 16.1 Å². The molecule has 2 aliphatic rings. The number of rotatable bonds is 9. The maximum atomic E-state index is 13.0. The lowest BCUT2D eigenvalue weighted by Gasteiger charge is -2.32. The molecule has 9 nitrogen and oxygen atoms in total. The molecule has 0 aromatic heterocycles. The van der Waals surface area contributed by atoms with E-state index in [0.29, 0.717) is 30.9 Å². The molecule has 0 aliphatic carbocycles. The zero-order valence-corrected chi connectivity index (χ0v) is 21.1. The number of carbonyl (C=O) groups is 1. The Hall–Kier alpha value is -2.82. The molecule has 0 spiro atoms. The molecule has 2 aromatic carbocycles. The van der Waals surface area contributed by atoms with Gasteiger partial charge < -0.3 is 20.1 Å². The monoisotopic (exact) mass is 502 g/mol. The van der Waals surface area contributed by atoms with Crippen LogP contribution in [-0.2, 0) is 21.2 Å². The summed E-state index contributed by atoms with van der Waals surface area (Å²) in [5, 5.41) is 13.5. The summed E-state index contributed by atoms with van der Waals surface area (Å²) in [7, 11) is -1.61. The van der Waals surface area contributed by atoms with Crippen LogP contribution in [0.1, 0.15) is 30.0 Å². The Bertz CT molecular complexity index is 1140. The van der Waals surface area contributed by atoms with Gasteiger partial charge in [0.2, 0.25) is 10.0 Å². The second kappa shape index (κ2) is 10.8. The predicted octanol–water partition coefficient (Wildman–Crippen LogP) is 2.06. The number of sulfonamides is 1. The summed E-state index contributed by atoms with van der Waals surface area (Å²) in [5.74, 6) is 0.552. The molecule has 2 heterocycles. The molecule has 2 aromatic rings. The predicted molar refractivity (Wildman–Crippen MR) is 136 cm³/mol. The Balaban J connectivity index is 1.43. The van der Waals surface area contributed by atoms with Crippen LogP contribution in [0.2, 0.25) is 0 Å². The van der Waals surface area contributed by atoms with Gasteiger partial charge >= 0.3 is 0 Å². The fraction of sp³-hybridized carbons (Fsp3) is 0.480. The summed E-state index contributed by atoms with van der Waals surface area (Å²) in [4.78, 5) is 16.8. The van der Waals surface area contributed by atoms with Crippen molar-refractivity contribution in [1.82, 2.24) is 9.80 Å². The number of ether oxygens (including phenoxy) is 1. The Kier molecular flexibility index (Phi) is 7.83. The van der Waals surface area contributed by atoms with Gasteiger partial charge in [0.05, 0.1) is 24.1 Å². The number of β-amino-alcohol motifs (C(OH)–C–C–N with tert-alkyl or cyclic N) is 1. The number of aliphatic hydroxyl groups excluding tert-OH is 1. The minimum atomic E-state index is -3.36. The van der Waals surface area contributed by atoms with Gasteiger partial charge in [-0.2, -0.15) is 0 Å². The average molecular weight is 503 g/mol. The fourth-order valence-corrected chi connectivity index (χ4v) is 5.24. The molecule has 1 saturated heterocycles. The van der Waals surface area contributed by atoms with E-state index in [1.165, 1.54) is 5.56 Å². The largest absolute Gasteiger partial charge is 0.482 e. The number of hydrogen-bond donors (Lipinski definition) is 3. The van der Waals surface area contributed by atoms with E-state index in [1.807, 2.05) is 24.3 Å². The summed E-state index contributed by atoms with van der Waals surface area (Å²) in [6, 6.07) is 12.9. The molecule has 190 valence electrons. The molecule has 2 atom stereocenters. The first kappa shape index (κ1) is 25.3. The number of aryl methyl sites for hydroxylation is 1. The average Bonchev–Trinajstić information content (AvgIpc) is 3.26. The van der Waals surface area contributed by atoms with Crippen molar-refractivity contribution in [3.05, 3.63) is 53.6 Å². The number of likely N-dealkylation sites (tertiary alicyclic amines) is 1. The van der Waals surface area contributed by atoms with Crippen molar-refractivity contribution in [2.24, 2.45) is 0 Å². The van der Waals surface area contributed by atoms with Crippen molar-refractivity contribution >= 4 is 27.3 Å². The highest BCUT2D eigenvalue weighted by atomic mass is 32.2. The molecule has 35 heavy (non-hydrogen) atoms. The molecule has 0 saturated carbocycles. The first-order chi connectivity index (χ1) is 16.7. The first-order valence-electron chi connectivity index (χ1n) is 11.9. The number of amides is 1. The fourth-order valence-electron chi connectivity index (χ4n) is 4.68. The lowest BCUT2D eigenvalue weighted by molar-refractivity contribution is -0.132. The summed E-state index contributed by atoms with van der Waals surface area (Å²) in [6.07, 6.45) is 3.46. The molecular weight excluding hydrogens is 468 g/mol. The van der Waals surface area contributed by atoms with Crippen molar-refractivity contribution in [3.8, 4) is 5.75 Å². The maximum Gasteiger partial charge on any atom is 0.260 e. The van der Waals surface area contributed by atoms with Gasteiger partial charge in [0.25, 0.3) is 5.91 Å². The summed E-state index contributed by atoms with van der Waals surface area (Å²) in [6.45, 7) is 2.48. The standard InChI is InChI=1S/C25H34N4O5S/c1-28(24(31)17-34-23-7-3-5-19-6-4-13-26-25(19)23)16-22(29-14-12-21(30)15-29)18-8-10-20(11-9-18)27-35(2,32)33/h3,5,7-11,21-22,26-27,30H,4,6,12-17H2,1-2H3/t21-,22+/m0/s1. The number of likely N-dealkylation sites (N-methyl/N-ethyl adjacent to an activating group) is 1. The van der Waals surface area contributed by atoms with Crippen molar-refractivity contribution in [3.63, 3.8) is 0 Å². The van der Waals surface area contributed by atoms with Crippen LogP contribution in [0, 0.1) is 0 Å². The maximum absolute atomic E-state index is 13.0. The number of benzene rings is 2. The zero-order valence-electron chi connectivity index (χ0n) is 20.2. The molecule has 0 unspecified atom stereocenters. The first-order valence-corrected chi connectivity index (χ1v) is 13.8. The van der Waals surface area contributed by atoms with Crippen LogP contribution in [0.25, 0.3) is 0 Å². The Morgan fingerprint density at radius 1 is 1.29 bits per heavy atom. The smallest absolute Gasteiger partial charge is 0.260 e. The van der Waals surface area contributed by atoms with Crippen LogP contribution < -0.4 is 14.8 Å². The van der Waals surface area contributed by atoms with Gasteiger partial charge in [-0.15, -0.1) is 0 Å². The highest BCUT2D eigenvalue weighted by Gasteiger charge is 2.30. The van der Waals surface area contributed by atoms with Crippen LogP contribution >= 0.6 is 0 Å². The third-order valence-corrected chi connectivity index (χ3v) is 7.10. The lowest BCUT2D eigenvalue weighted by Crippen LogP contribution is -2.40. The number of nitrogens with one attached hydrogen (secondary N) is 2.